The molecule has 0 unspecified atom stereocenters. The summed E-state index contributed by atoms with van der Waals surface area (Å²) in [6.45, 7) is 3.36. The Labute approximate surface area is 178 Å². The molecule has 6 nitrogen and oxygen atoms in total. The van der Waals surface area contributed by atoms with E-state index in [0.717, 1.165) is 49.4 Å². The van der Waals surface area contributed by atoms with Gasteiger partial charge in [0.2, 0.25) is 0 Å². The fourth-order valence-electron chi connectivity index (χ4n) is 4.38. The smallest absolute Gasteiger partial charge is 0.0968 e. The van der Waals surface area contributed by atoms with Gasteiger partial charge in [0.1, 0.15) is 0 Å². The zero-order chi connectivity index (χ0) is 20.9. The number of rotatable bonds is 7. The predicted molar refractivity (Wildman–Crippen MR) is 119 cm³/mol. The summed E-state index contributed by atoms with van der Waals surface area (Å²) in [6, 6.07) is 16.5. The second kappa shape index (κ2) is 9.51. The molecule has 0 spiro atoms. The number of aryl methyl sites for hydroxylation is 1. The number of aliphatic hydroxyl groups excluding tert-OH is 1. The van der Waals surface area contributed by atoms with Crippen LogP contribution < -0.4 is 0 Å². The number of pyridine rings is 1. The maximum Gasteiger partial charge on any atom is 0.0968 e. The van der Waals surface area contributed by atoms with E-state index in [1.54, 1.807) is 0 Å². The van der Waals surface area contributed by atoms with Gasteiger partial charge >= 0.3 is 0 Å². The molecular weight excluding hydrogens is 374 g/mol. The van der Waals surface area contributed by atoms with Gasteiger partial charge in [-0.1, -0.05) is 36.4 Å². The fraction of sp³-hybridized carbons (Fsp3) is 0.417. The first kappa shape index (κ1) is 20.7. The molecule has 0 bridgehead atoms. The van der Waals surface area contributed by atoms with Crippen LogP contribution in [0.5, 0.6) is 0 Å². The molecule has 6 heteroatoms. The highest BCUT2D eigenvalue weighted by Crippen LogP contribution is 2.25. The Bertz CT molecular complexity index is 927. The summed E-state index contributed by atoms with van der Waals surface area (Å²) in [5.74, 6) is 0. The Hall–Kier alpha value is -2.54. The number of aromatic nitrogens is 3. The van der Waals surface area contributed by atoms with Crippen LogP contribution in [0.3, 0.4) is 0 Å². The highest BCUT2D eigenvalue weighted by molar-refractivity contribution is 5.62. The molecule has 1 aromatic carbocycles. The number of likely N-dealkylation sites (N-methyl/N-ethyl adjacent to an activating group) is 1. The predicted octanol–water partition coefficient (Wildman–Crippen LogP) is 2.59. The van der Waals surface area contributed by atoms with Crippen molar-refractivity contribution in [2.75, 3.05) is 26.7 Å². The Kier molecular flexibility index (Phi) is 6.57. The molecule has 4 rings (SSSR count). The van der Waals surface area contributed by atoms with Crippen molar-refractivity contribution in [2.45, 2.75) is 31.5 Å². The van der Waals surface area contributed by atoms with Crippen LogP contribution in [0.4, 0.5) is 0 Å². The third-order valence-electron chi connectivity index (χ3n) is 5.99. The molecule has 2 atom stereocenters. The average molecular weight is 406 g/mol. The van der Waals surface area contributed by atoms with Crippen molar-refractivity contribution in [2.24, 2.45) is 7.05 Å². The molecule has 1 aliphatic rings. The quantitative estimate of drug-likeness (QED) is 0.655. The average Bonchev–Trinajstić information content (AvgIpc) is 3.13. The maximum atomic E-state index is 10.9. The summed E-state index contributed by atoms with van der Waals surface area (Å²) < 4.78 is 1.88. The molecule has 1 aliphatic heterocycles. The van der Waals surface area contributed by atoms with E-state index in [1.807, 2.05) is 48.3 Å². The Morgan fingerprint density at radius 1 is 1.13 bits per heavy atom. The van der Waals surface area contributed by atoms with Crippen LogP contribution in [-0.4, -0.2) is 68.5 Å². The first-order valence-electron chi connectivity index (χ1n) is 10.7. The van der Waals surface area contributed by atoms with Crippen LogP contribution in [0.25, 0.3) is 11.3 Å². The summed E-state index contributed by atoms with van der Waals surface area (Å²) in [6.07, 6.45) is 5.44. The van der Waals surface area contributed by atoms with Crippen LogP contribution in [0.2, 0.25) is 0 Å². The van der Waals surface area contributed by atoms with Gasteiger partial charge in [0.05, 0.1) is 11.8 Å². The lowest BCUT2D eigenvalue weighted by molar-refractivity contribution is -0.00616. The summed E-state index contributed by atoms with van der Waals surface area (Å²) in [7, 11) is 4.08. The van der Waals surface area contributed by atoms with Gasteiger partial charge in [0.15, 0.2) is 0 Å². The number of aliphatic hydroxyl groups is 1. The third kappa shape index (κ3) is 4.95. The molecule has 0 aliphatic carbocycles. The fourth-order valence-corrected chi connectivity index (χ4v) is 4.38. The van der Waals surface area contributed by atoms with E-state index < -0.39 is 0 Å². The third-order valence-corrected chi connectivity index (χ3v) is 5.99. The van der Waals surface area contributed by atoms with Crippen molar-refractivity contribution in [3.63, 3.8) is 0 Å². The Morgan fingerprint density at radius 3 is 2.67 bits per heavy atom. The molecule has 1 N–H and O–H groups in total. The van der Waals surface area contributed by atoms with Gasteiger partial charge in [0.25, 0.3) is 0 Å². The van der Waals surface area contributed by atoms with E-state index in [4.69, 9.17) is 0 Å². The summed E-state index contributed by atoms with van der Waals surface area (Å²) in [5.41, 5.74) is 4.47. The number of piperidine rings is 1. The first-order chi connectivity index (χ1) is 14.6. The molecule has 1 fully saturated rings. The molecule has 30 heavy (non-hydrogen) atoms. The van der Waals surface area contributed by atoms with Crippen molar-refractivity contribution in [1.29, 1.82) is 0 Å². The molecule has 3 heterocycles. The van der Waals surface area contributed by atoms with Crippen LogP contribution in [-0.2, 0) is 20.0 Å². The van der Waals surface area contributed by atoms with Crippen molar-refractivity contribution < 1.29 is 5.11 Å². The molecule has 1 saturated heterocycles. The van der Waals surface area contributed by atoms with Crippen LogP contribution in [0, 0.1) is 0 Å². The minimum absolute atomic E-state index is 0.187. The lowest BCUT2D eigenvalue weighted by Crippen LogP contribution is -2.53. The van der Waals surface area contributed by atoms with Gasteiger partial charge in [-0.15, -0.1) is 0 Å². The molecule has 0 radical (unpaired) electrons. The molecule has 2 aromatic heterocycles. The summed E-state index contributed by atoms with van der Waals surface area (Å²) in [4.78, 5) is 9.04. The second-order valence-corrected chi connectivity index (χ2v) is 8.25. The lowest BCUT2D eigenvalue weighted by Gasteiger charge is -2.40. The number of benzene rings is 1. The largest absolute Gasteiger partial charge is 0.390 e. The van der Waals surface area contributed by atoms with Crippen molar-refractivity contribution >= 4 is 0 Å². The van der Waals surface area contributed by atoms with E-state index in [0.29, 0.717) is 6.54 Å². The number of hydrogen-bond acceptors (Lipinski definition) is 5. The Balaban J connectivity index is 1.35. The van der Waals surface area contributed by atoms with Crippen LogP contribution in [0.1, 0.15) is 17.7 Å². The molecular formula is C24H31N5O. The molecule has 158 valence electrons. The monoisotopic (exact) mass is 405 g/mol. The highest BCUT2D eigenvalue weighted by atomic mass is 16.3. The van der Waals surface area contributed by atoms with E-state index in [9.17, 15) is 5.11 Å². The van der Waals surface area contributed by atoms with Crippen molar-refractivity contribution in [3.8, 4) is 11.3 Å². The molecule has 0 amide bonds. The number of β-amino-alcohol motifs (C(OH)–C–C–N with tert-alkyl or cyclic N) is 1. The van der Waals surface area contributed by atoms with Gasteiger partial charge in [-0.25, -0.2) is 0 Å². The number of likely N-dealkylation sites (tertiary alicyclic amines) is 1. The van der Waals surface area contributed by atoms with Crippen molar-refractivity contribution in [3.05, 3.63) is 72.2 Å². The van der Waals surface area contributed by atoms with Crippen LogP contribution >= 0.6 is 0 Å². The Morgan fingerprint density at radius 2 is 1.93 bits per heavy atom. The minimum atomic E-state index is -0.357. The van der Waals surface area contributed by atoms with Gasteiger partial charge in [-0.05, 0) is 25.6 Å². The molecule has 3 aromatic rings. The molecule has 0 saturated carbocycles. The normalized spacial score (nSPS) is 20.0. The van der Waals surface area contributed by atoms with Crippen molar-refractivity contribution in [1.82, 2.24) is 24.6 Å². The van der Waals surface area contributed by atoms with E-state index in [2.05, 4.69) is 51.3 Å². The van der Waals surface area contributed by atoms with E-state index in [1.165, 1.54) is 5.56 Å². The zero-order valence-electron chi connectivity index (χ0n) is 17.9. The van der Waals surface area contributed by atoms with E-state index >= 15 is 0 Å². The van der Waals surface area contributed by atoms with Gasteiger partial charge in [-0.3, -0.25) is 14.6 Å². The standard InChI is InChI=1S/C24H31N5O/c1-27(14-11-21-10-6-7-13-25-21)22-12-15-29(18-23(22)30)17-20-16-28(2)26-24(20)19-8-4-3-5-9-19/h3-10,13,16,22-23,30H,11-12,14-15,17-18H2,1-2H3/t22-,23-/m1/s1. The minimum Gasteiger partial charge on any atom is -0.390 e. The summed E-state index contributed by atoms with van der Waals surface area (Å²) >= 11 is 0. The lowest BCUT2D eigenvalue weighted by atomic mass is 9.99. The summed E-state index contributed by atoms with van der Waals surface area (Å²) in [5, 5.41) is 15.5. The second-order valence-electron chi connectivity index (χ2n) is 8.25. The topological polar surface area (TPSA) is 57.4 Å². The van der Waals surface area contributed by atoms with Gasteiger partial charge in [-0.2, -0.15) is 5.10 Å². The highest BCUT2D eigenvalue weighted by Gasteiger charge is 2.31. The SMILES string of the molecule is CN(CCc1ccccn1)[C@@H]1CCN(Cc2cn(C)nc2-c2ccccc2)C[C@H]1O. The zero-order valence-corrected chi connectivity index (χ0v) is 17.9. The van der Waals surface area contributed by atoms with E-state index in [-0.39, 0.29) is 12.1 Å². The number of hydrogen-bond donors (Lipinski definition) is 1. The van der Waals surface area contributed by atoms with Gasteiger partial charge in [0, 0.05) is 74.9 Å². The number of nitrogens with zero attached hydrogens (tertiary/aromatic N) is 5. The van der Waals surface area contributed by atoms with Crippen LogP contribution in [0.15, 0.2) is 60.9 Å². The maximum absolute atomic E-state index is 10.9. The first-order valence-corrected chi connectivity index (χ1v) is 10.7. The van der Waals surface area contributed by atoms with Gasteiger partial charge < -0.3 is 10.0 Å².